The second kappa shape index (κ2) is 8.53. The fourth-order valence-corrected chi connectivity index (χ4v) is 3.49. The van der Waals surface area contributed by atoms with Crippen molar-refractivity contribution in [1.82, 2.24) is 10.3 Å². The molecule has 1 aromatic heterocycles. The predicted molar refractivity (Wildman–Crippen MR) is 104 cm³/mol. The van der Waals surface area contributed by atoms with E-state index in [4.69, 9.17) is 0 Å². The van der Waals surface area contributed by atoms with Crippen molar-refractivity contribution in [2.45, 2.75) is 51.5 Å². The number of aromatic nitrogens is 1. The van der Waals surface area contributed by atoms with Crippen molar-refractivity contribution in [3.63, 3.8) is 0 Å². The molecule has 0 aliphatic carbocycles. The van der Waals surface area contributed by atoms with Crippen molar-refractivity contribution in [3.05, 3.63) is 64.2 Å². The van der Waals surface area contributed by atoms with E-state index in [-0.39, 0.29) is 29.9 Å². The van der Waals surface area contributed by atoms with Crippen LogP contribution < -0.4 is 5.32 Å². The second-order valence-corrected chi connectivity index (χ2v) is 7.64. The van der Waals surface area contributed by atoms with Gasteiger partial charge in [-0.1, -0.05) is 12.1 Å². The van der Waals surface area contributed by atoms with Crippen LogP contribution in [0.15, 0.2) is 35.3 Å². The summed E-state index contributed by atoms with van der Waals surface area (Å²) in [6.07, 6.45) is -2.98. The Morgan fingerprint density at radius 1 is 1.27 bits per heavy atom. The SMILES string of the molecule is CC(C)(O)[C@@H](NC(=O)Cc1cc2c(c(CO)n1)C(C(F)F)=NC2)c1ccc(F)cc1. The van der Waals surface area contributed by atoms with Crippen molar-refractivity contribution < 1.29 is 28.2 Å². The predicted octanol–water partition coefficient (Wildman–Crippen LogP) is 2.45. The van der Waals surface area contributed by atoms with E-state index < -0.39 is 42.1 Å². The lowest BCUT2D eigenvalue weighted by atomic mass is 9.91. The lowest BCUT2D eigenvalue weighted by Crippen LogP contribution is -2.42. The number of amides is 1. The molecule has 1 amide bonds. The number of pyridine rings is 1. The summed E-state index contributed by atoms with van der Waals surface area (Å²) in [4.78, 5) is 20.6. The number of nitrogens with zero attached hydrogens (tertiary/aromatic N) is 2. The molecular weight excluding hydrogens is 399 g/mol. The Bertz CT molecular complexity index is 970. The van der Waals surface area contributed by atoms with E-state index in [0.29, 0.717) is 11.1 Å². The molecule has 2 heterocycles. The third kappa shape index (κ3) is 4.68. The van der Waals surface area contributed by atoms with Gasteiger partial charge in [-0.25, -0.2) is 13.2 Å². The van der Waals surface area contributed by atoms with Crippen LogP contribution in [0.25, 0.3) is 0 Å². The van der Waals surface area contributed by atoms with Gasteiger partial charge in [0.15, 0.2) is 0 Å². The highest BCUT2D eigenvalue weighted by Gasteiger charge is 2.31. The van der Waals surface area contributed by atoms with Crippen LogP contribution in [0.1, 0.15) is 48.0 Å². The van der Waals surface area contributed by atoms with Gasteiger partial charge in [-0.05, 0) is 43.2 Å². The van der Waals surface area contributed by atoms with Crippen LogP contribution in [0, 0.1) is 5.82 Å². The third-order valence-electron chi connectivity index (χ3n) is 4.82. The van der Waals surface area contributed by atoms with Crippen LogP contribution in [-0.2, 0) is 24.4 Å². The minimum absolute atomic E-state index is 0.0288. The molecule has 1 atom stereocenters. The van der Waals surface area contributed by atoms with Crippen molar-refractivity contribution in [2.75, 3.05) is 0 Å². The number of benzene rings is 1. The van der Waals surface area contributed by atoms with Crippen LogP contribution in [0.4, 0.5) is 13.2 Å². The molecule has 3 N–H and O–H groups in total. The molecule has 30 heavy (non-hydrogen) atoms. The smallest absolute Gasteiger partial charge is 0.280 e. The Kier molecular flexibility index (Phi) is 6.23. The monoisotopic (exact) mass is 421 g/mol. The molecular formula is C21H22F3N3O3. The second-order valence-electron chi connectivity index (χ2n) is 7.64. The summed E-state index contributed by atoms with van der Waals surface area (Å²) >= 11 is 0. The number of carbonyl (C=O) groups excluding carboxylic acids is 1. The van der Waals surface area contributed by atoms with Gasteiger partial charge >= 0.3 is 0 Å². The van der Waals surface area contributed by atoms with Gasteiger partial charge in [0.2, 0.25) is 5.91 Å². The molecule has 0 fully saturated rings. The summed E-state index contributed by atoms with van der Waals surface area (Å²) < 4.78 is 39.5. The first-order chi connectivity index (χ1) is 14.1. The Balaban J connectivity index is 1.81. The zero-order valence-corrected chi connectivity index (χ0v) is 16.5. The summed E-state index contributed by atoms with van der Waals surface area (Å²) in [6, 6.07) is 6.11. The summed E-state index contributed by atoms with van der Waals surface area (Å²) in [5.41, 5.74) is -0.281. The van der Waals surface area contributed by atoms with Gasteiger partial charge in [0.05, 0.1) is 42.6 Å². The zero-order valence-electron chi connectivity index (χ0n) is 16.5. The molecule has 0 radical (unpaired) electrons. The molecule has 0 bridgehead atoms. The van der Waals surface area contributed by atoms with Crippen molar-refractivity contribution in [3.8, 4) is 0 Å². The number of hydrogen-bond donors (Lipinski definition) is 3. The standard InChI is InChI=1S/C21H22F3N3O3/c1-21(2,30)19(11-3-5-13(22)6-4-11)27-16(29)8-14-7-12-9-25-18(20(23)24)17(12)15(10-28)26-14/h3-7,19-20,28,30H,8-10H2,1-2H3,(H,27,29)/t19-/m0/s1. The number of halogens is 3. The Labute approximate surface area is 171 Å². The highest BCUT2D eigenvalue weighted by molar-refractivity contribution is 6.06. The molecule has 1 aliphatic heterocycles. The molecule has 0 unspecified atom stereocenters. The maximum absolute atomic E-state index is 13.2. The average molecular weight is 421 g/mol. The number of alkyl halides is 2. The quantitative estimate of drug-likeness (QED) is 0.640. The fraction of sp³-hybridized carbons (Fsp3) is 0.381. The maximum Gasteiger partial charge on any atom is 0.280 e. The van der Waals surface area contributed by atoms with E-state index in [1.807, 2.05) is 0 Å². The molecule has 0 saturated carbocycles. The Morgan fingerprint density at radius 2 is 1.93 bits per heavy atom. The van der Waals surface area contributed by atoms with Crippen LogP contribution in [0.5, 0.6) is 0 Å². The van der Waals surface area contributed by atoms with Crippen LogP contribution in [0.2, 0.25) is 0 Å². The lowest BCUT2D eigenvalue weighted by molar-refractivity contribution is -0.123. The number of aliphatic hydroxyl groups is 2. The largest absolute Gasteiger partial charge is 0.390 e. The fourth-order valence-electron chi connectivity index (χ4n) is 3.49. The van der Waals surface area contributed by atoms with Crippen molar-refractivity contribution in [1.29, 1.82) is 0 Å². The molecule has 1 aliphatic rings. The topological polar surface area (TPSA) is 94.8 Å². The van der Waals surface area contributed by atoms with E-state index in [2.05, 4.69) is 15.3 Å². The number of rotatable bonds is 7. The van der Waals surface area contributed by atoms with Crippen molar-refractivity contribution >= 4 is 11.6 Å². The Morgan fingerprint density at radius 3 is 2.50 bits per heavy atom. The van der Waals surface area contributed by atoms with Gasteiger partial charge in [0, 0.05) is 5.56 Å². The zero-order chi connectivity index (χ0) is 22.1. The highest BCUT2D eigenvalue weighted by atomic mass is 19.3. The van der Waals surface area contributed by atoms with Crippen molar-refractivity contribution in [2.24, 2.45) is 4.99 Å². The molecule has 0 saturated heterocycles. The van der Waals surface area contributed by atoms with Gasteiger partial charge in [-0.15, -0.1) is 0 Å². The molecule has 9 heteroatoms. The summed E-state index contributed by atoms with van der Waals surface area (Å²) in [5, 5.41) is 22.7. The molecule has 1 aromatic carbocycles. The van der Waals surface area contributed by atoms with E-state index in [9.17, 15) is 28.2 Å². The number of fused-ring (bicyclic) bond motifs is 1. The number of aliphatic hydroxyl groups excluding tert-OH is 1. The third-order valence-corrected chi connectivity index (χ3v) is 4.82. The normalized spacial score (nSPS) is 14.5. The van der Waals surface area contributed by atoms with E-state index >= 15 is 0 Å². The van der Waals surface area contributed by atoms with Gasteiger partial charge in [0.1, 0.15) is 11.5 Å². The molecule has 2 aromatic rings. The van der Waals surface area contributed by atoms with Gasteiger partial charge in [0.25, 0.3) is 6.43 Å². The number of carbonyl (C=O) groups is 1. The van der Waals surface area contributed by atoms with E-state index in [0.717, 1.165) is 0 Å². The van der Waals surface area contributed by atoms with E-state index in [1.165, 1.54) is 44.2 Å². The highest BCUT2D eigenvalue weighted by Crippen LogP contribution is 2.28. The lowest BCUT2D eigenvalue weighted by Gasteiger charge is -2.30. The number of aliphatic imine (C=N–C) groups is 1. The molecule has 160 valence electrons. The van der Waals surface area contributed by atoms with Gasteiger partial charge in [-0.2, -0.15) is 0 Å². The number of hydrogen-bond acceptors (Lipinski definition) is 5. The summed E-state index contributed by atoms with van der Waals surface area (Å²) in [6.45, 7) is 2.50. The number of nitrogens with one attached hydrogen (secondary N) is 1. The summed E-state index contributed by atoms with van der Waals surface area (Å²) in [5.74, 6) is -0.917. The molecule has 3 rings (SSSR count). The van der Waals surface area contributed by atoms with Crippen LogP contribution >= 0.6 is 0 Å². The Hall–Kier alpha value is -2.78. The molecule has 6 nitrogen and oxygen atoms in total. The van der Waals surface area contributed by atoms with E-state index in [1.54, 1.807) is 0 Å². The first-order valence-corrected chi connectivity index (χ1v) is 9.32. The minimum Gasteiger partial charge on any atom is -0.390 e. The first kappa shape index (κ1) is 21.9. The van der Waals surface area contributed by atoms with Crippen LogP contribution in [-0.4, -0.2) is 38.8 Å². The molecule has 0 spiro atoms. The van der Waals surface area contributed by atoms with Gasteiger partial charge in [-0.3, -0.25) is 14.8 Å². The maximum atomic E-state index is 13.2. The summed E-state index contributed by atoms with van der Waals surface area (Å²) in [7, 11) is 0. The van der Waals surface area contributed by atoms with Gasteiger partial charge < -0.3 is 15.5 Å². The first-order valence-electron chi connectivity index (χ1n) is 9.32. The van der Waals surface area contributed by atoms with Crippen LogP contribution in [0.3, 0.4) is 0 Å². The average Bonchev–Trinajstić information content (AvgIpc) is 3.10. The minimum atomic E-state index is -2.78.